The standard InChI is InChI=1S/C19H22FNO4S/c1-26(23,24)17-5-6-19(18(20)12-17)21-9-7-16(13-21)25-15-4-2-3-14(11-15)8-10-22/h2-6,11-12,16,22H,7-10,13H2,1H3/t16-/m0/s1. The van der Waals surface area contributed by atoms with E-state index in [9.17, 15) is 12.8 Å². The molecule has 1 aliphatic rings. The van der Waals surface area contributed by atoms with Gasteiger partial charge in [-0.2, -0.15) is 0 Å². The van der Waals surface area contributed by atoms with Crippen LogP contribution in [0.3, 0.4) is 0 Å². The first kappa shape index (κ1) is 18.7. The van der Waals surface area contributed by atoms with Crippen molar-refractivity contribution in [2.24, 2.45) is 0 Å². The van der Waals surface area contributed by atoms with E-state index in [1.165, 1.54) is 12.1 Å². The predicted molar refractivity (Wildman–Crippen MR) is 98.0 cm³/mol. The molecule has 0 spiro atoms. The van der Waals surface area contributed by atoms with Gasteiger partial charge in [-0.1, -0.05) is 12.1 Å². The van der Waals surface area contributed by atoms with Crippen molar-refractivity contribution in [1.82, 2.24) is 0 Å². The number of aliphatic hydroxyl groups excluding tert-OH is 1. The molecule has 0 saturated carbocycles. The number of halogens is 1. The third-order valence-electron chi connectivity index (χ3n) is 4.43. The van der Waals surface area contributed by atoms with Crippen molar-refractivity contribution in [3.63, 3.8) is 0 Å². The molecule has 0 amide bonds. The van der Waals surface area contributed by atoms with E-state index in [0.29, 0.717) is 25.2 Å². The van der Waals surface area contributed by atoms with Crippen molar-refractivity contribution >= 4 is 15.5 Å². The van der Waals surface area contributed by atoms with Gasteiger partial charge in [0.2, 0.25) is 0 Å². The van der Waals surface area contributed by atoms with E-state index in [2.05, 4.69) is 0 Å². The molecule has 5 nitrogen and oxygen atoms in total. The third-order valence-corrected chi connectivity index (χ3v) is 5.54. The third kappa shape index (κ3) is 4.34. The molecule has 0 aliphatic carbocycles. The highest BCUT2D eigenvalue weighted by Gasteiger charge is 2.26. The molecule has 140 valence electrons. The second kappa shape index (κ2) is 7.63. The summed E-state index contributed by atoms with van der Waals surface area (Å²) >= 11 is 0. The van der Waals surface area contributed by atoms with E-state index in [1.54, 1.807) is 0 Å². The molecule has 2 aromatic rings. The molecular formula is C19H22FNO4S. The molecule has 0 bridgehead atoms. The van der Waals surface area contributed by atoms with Gasteiger partial charge < -0.3 is 14.7 Å². The Kier molecular flexibility index (Phi) is 5.48. The quantitative estimate of drug-likeness (QED) is 0.835. The topological polar surface area (TPSA) is 66.8 Å². The average Bonchev–Trinajstić information content (AvgIpc) is 3.03. The van der Waals surface area contributed by atoms with Gasteiger partial charge in [0.1, 0.15) is 17.7 Å². The Balaban J connectivity index is 1.68. The minimum atomic E-state index is -3.43. The highest BCUT2D eigenvalue weighted by Crippen LogP contribution is 2.28. The van der Waals surface area contributed by atoms with E-state index in [1.807, 2.05) is 29.2 Å². The van der Waals surface area contributed by atoms with Crippen molar-refractivity contribution in [2.75, 3.05) is 30.9 Å². The van der Waals surface area contributed by atoms with Gasteiger partial charge in [0.25, 0.3) is 0 Å². The smallest absolute Gasteiger partial charge is 0.175 e. The number of rotatable bonds is 6. The summed E-state index contributed by atoms with van der Waals surface area (Å²) in [5.74, 6) is 0.189. The zero-order valence-electron chi connectivity index (χ0n) is 14.6. The van der Waals surface area contributed by atoms with Crippen molar-refractivity contribution in [1.29, 1.82) is 0 Å². The van der Waals surface area contributed by atoms with Crippen LogP contribution < -0.4 is 9.64 Å². The molecule has 1 heterocycles. The maximum Gasteiger partial charge on any atom is 0.175 e. The lowest BCUT2D eigenvalue weighted by atomic mass is 10.1. The van der Waals surface area contributed by atoms with Crippen molar-refractivity contribution in [3.8, 4) is 5.75 Å². The first-order chi connectivity index (χ1) is 12.4. The molecule has 3 rings (SSSR count). The molecule has 26 heavy (non-hydrogen) atoms. The molecule has 0 aromatic heterocycles. The summed E-state index contributed by atoms with van der Waals surface area (Å²) in [6, 6.07) is 11.6. The number of nitrogens with zero attached hydrogens (tertiary/aromatic N) is 1. The molecular weight excluding hydrogens is 357 g/mol. The van der Waals surface area contributed by atoms with E-state index in [-0.39, 0.29) is 17.6 Å². The van der Waals surface area contributed by atoms with Crippen LogP contribution in [-0.2, 0) is 16.3 Å². The number of ether oxygens (including phenoxy) is 1. The highest BCUT2D eigenvalue weighted by atomic mass is 32.2. The fourth-order valence-corrected chi connectivity index (χ4v) is 3.75. The zero-order chi connectivity index (χ0) is 18.7. The summed E-state index contributed by atoms with van der Waals surface area (Å²) in [6.45, 7) is 1.25. The molecule has 2 aromatic carbocycles. The van der Waals surface area contributed by atoms with Crippen LogP contribution in [0, 0.1) is 5.82 Å². The van der Waals surface area contributed by atoms with Crippen molar-refractivity contribution < 1.29 is 22.7 Å². The number of benzene rings is 2. The summed E-state index contributed by atoms with van der Waals surface area (Å²) in [5.41, 5.74) is 1.39. The summed E-state index contributed by atoms with van der Waals surface area (Å²) in [7, 11) is -3.43. The molecule has 7 heteroatoms. The number of anilines is 1. The maximum absolute atomic E-state index is 14.4. The van der Waals surface area contributed by atoms with Gasteiger partial charge in [-0.05, 0) is 42.3 Å². The monoisotopic (exact) mass is 379 g/mol. The van der Waals surface area contributed by atoms with Gasteiger partial charge in [0.15, 0.2) is 9.84 Å². The van der Waals surface area contributed by atoms with E-state index < -0.39 is 15.7 Å². The van der Waals surface area contributed by atoms with Gasteiger partial charge in [0, 0.05) is 25.8 Å². The Morgan fingerprint density at radius 2 is 2.08 bits per heavy atom. The fraction of sp³-hybridized carbons (Fsp3) is 0.368. The van der Waals surface area contributed by atoms with Crippen LogP contribution in [-0.4, -0.2) is 45.6 Å². The van der Waals surface area contributed by atoms with E-state index in [4.69, 9.17) is 9.84 Å². The van der Waals surface area contributed by atoms with Crippen LogP contribution in [0.15, 0.2) is 47.4 Å². The Morgan fingerprint density at radius 1 is 1.27 bits per heavy atom. The molecule has 0 unspecified atom stereocenters. The van der Waals surface area contributed by atoms with E-state index in [0.717, 1.165) is 30.1 Å². The molecule has 1 fully saturated rings. The lowest BCUT2D eigenvalue weighted by molar-refractivity contribution is 0.224. The molecule has 1 N–H and O–H groups in total. The van der Waals surface area contributed by atoms with E-state index >= 15 is 0 Å². The van der Waals surface area contributed by atoms with Gasteiger partial charge in [-0.15, -0.1) is 0 Å². The van der Waals surface area contributed by atoms with Crippen molar-refractivity contribution in [2.45, 2.75) is 23.8 Å². The Hall–Kier alpha value is -2.12. The first-order valence-corrected chi connectivity index (χ1v) is 10.4. The van der Waals surface area contributed by atoms with Crippen LogP contribution >= 0.6 is 0 Å². The second-order valence-electron chi connectivity index (χ2n) is 6.48. The lowest BCUT2D eigenvalue weighted by Gasteiger charge is -2.20. The van der Waals surface area contributed by atoms with Crippen LogP contribution in [0.1, 0.15) is 12.0 Å². The fourth-order valence-electron chi connectivity index (χ4n) is 3.11. The molecule has 1 aliphatic heterocycles. The van der Waals surface area contributed by atoms with Gasteiger partial charge in [-0.3, -0.25) is 0 Å². The van der Waals surface area contributed by atoms with Crippen LogP contribution in [0.25, 0.3) is 0 Å². The average molecular weight is 379 g/mol. The van der Waals surface area contributed by atoms with Crippen LogP contribution in [0.5, 0.6) is 5.75 Å². The molecule has 1 saturated heterocycles. The SMILES string of the molecule is CS(=O)(=O)c1ccc(N2CC[C@H](Oc3cccc(CCO)c3)C2)c(F)c1. The Labute approximate surface area is 152 Å². The number of hydrogen-bond donors (Lipinski definition) is 1. The summed E-state index contributed by atoms with van der Waals surface area (Å²) in [6.07, 6.45) is 2.31. The first-order valence-electron chi connectivity index (χ1n) is 8.48. The van der Waals surface area contributed by atoms with Gasteiger partial charge in [0.05, 0.1) is 17.1 Å². The summed E-state index contributed by atoms with van der Waals surface area (Å²) in [5, 5.41) is 9.03. The van der Waals surface area contributed by atoms with Crippen molar-refractivity contribution in [3.05, 3.63) is 53.8 Å². The maximum atomic E-state index is 14.4. The number of aliphatic hydroxyl groups is 1. The molecule has 1 atom stereocenters. The summed E-state index contributed by atoms with van der Waals surface area (Å²) < 4.78 is 43.4. The van der Waals surface area contributed by atoms with Crippen LogP contribution in [0.2, 0.25) is 0 Å². The highest BCUT2D eigenvalue weighted by molar-refractivity contribution is 7.90. The normalized spacial score (nSPS) is 17.5. The minimum Gasteiger partial charge on any atom is -0.489 e. The molecule has 0 radical (unpaired) electrons. The van der Waals surface area contributed by atoms with Gasteiger partial charge in [-0.25, -0.2) is 12.8 Å². The predicted octanol–water partition coefficient (Wildman–Crippen LogP) is 2.42. The lowest BCUT2D eigenvalue weighted by Crippen LogP contribution is -2.25. The van der Waals surface area contributed by atoms with Crippen LogP contribution in [0.4, 0.5) is 10.1 Å². The number of sulfone groups is 1. The Bertz CT molecular complexity index is 885. The zero-order valence-corrected chi connectivity index (χ0v) is 15.4. The minimum absolute atomic E-state index is 0.0218. The summed E-state index contributed by atoms with van der Waals surface area (Å²) in [4.78, 5) is 1.84. The van der Waals surface area contributed by atoms with Gasteiger partial charge >= 0.3 is 0 Å². The Morgan fingerprint density at radius 3 is 2.77 bits per heavy atom. The largest absolute Gasteiger partial charge is 0.489 e. The number of hydrogen-bond acceptors (Lipinski definition) is 5. The second-order valence-corrected chi connectivity index (χ2v) is 8.50.